The Labute approximate surface area is 124 Å². The van der Waals surface area contributed by atoms with Crippen molar-refractivity contribution in [2.75, 3.05) is 20.1 Å². The molecule has 0 aromatic heterocycles. The molecule has 2 saturated heterocycles. The van der Waals surface area contributed by atoms with E-state index >= 15 is 0 Å². The van der Waals surface area contributed by atoms with Crippen molar-refractivity contribution in [1.82, 2.24) is 9.80 Å². The van der Waals surface area contributed by atoms with E-state index in [1.165, 1.54) is 24.3 Å². The molecule has 2 heterocycles. The number of hydrogen-bond acceptors (Lipinski definition) is 5. The van der Waals surface area contributed by atoms with E-state index in [1.807, 2.05) is 13.8 Å². The first-order valence-corrected chi connectivity index (χ1v) is 7.97. The quantitative estimate of drug-likeness (QED) is 0.587. The Hall–Kier alpha value is -1.01. The van der Waals surface area contributed by atoms with Crippen LogP contribution in [0.3, 0.4) is 0 Å². The summed E-state index contributed by atoms with van der Waals surface area (Å²) in [5.41, 5.74) is 0. The number of hydrogen-bond donors (Lipinski definition) is 0. The van der Waals surface area contributed by atoms with Crippen molar-refractivity contribution < 1.29 is 14.3 Å². The number of likely N-dealkylation sites (tertiary alicyclic amines) is 1. The average Bonchev–Trinajstić information content (AvgIpc) is 2.67. The number of thioether (sulfide) groups is 1. The van der Waals surface area contributed by atoms with Crippen LogP contribution in [0.25, 0.3) is 0 Å². The minimum absolute atomic E-state index is 0.0560. The Morgan fingerprint density at radius 1 is 1.35 bits per heavy atom. The van der Waals surface area contributed by atoms with E-state index in [0.717, 1.165) is 25.9 Å². The van der Waals surface area contributed by atoms with Gasteiger partial charge < -0.3 is 9.64 Å². The van der Waals surface area contributed by atoms with Crippen LogP contribution in [0.4, 0.5) is 0 Å². The van der Waals surface area contributed by atoms with Crippen molar-refractivity contribution >= 4 is 23.6 Å². The highest BCUT2D eigenvalue weighted by molar-refractivity contribution is 8.04. The molecular weight excluding hydrogens is 276 g/mol. The molecule has 2 aliphatic rings. The first-order chi connectivity index (χ1) is 9.49. The molecule has 0 N–H and O–H groups in total. The minimum Gasteiger partial charge on any atom is -0.460 e. The molecule has 20 heavy (non-hydrogen) atoms. The molecule has 2 rings (SSSR count). The van der Waals surface area contributed by atoms with E-state index in [2.05, 4.69) is 4.90 Å². The molecule has 0 saturated carbocycles. The molecule has 5 nitrogen and oxygen atoms in total. The predicted octanol–water partition coefficient (Wildman–Crippen LogP) is 1.80. The third kappa shape index (κ3) is 3.55. The van der Waals surface area contributed by atoms with Crippen molar-refractivity contribution in [1.29, 1.82) is 0 Å². The second-order valence-corrected chi connectivity index (χ2v) is 6.53. The summed E-state index contributed by atoms with van der Waals surface area (Å²) in [4.78, 5) is 27.7. The first-order valence-electron chi connectivity index (χ1n) is 7.09. The number of nitrogens with zero attached hydrogens (tertiary/aromatic N) is 2. The third-order valence-electron chi connectivity index (χ3n) is 3.42. The highest BCUT2D eigenvalue weighted by Gasteiger charge is 2.39. The van der Waals surface area contributed by atoms with Gasteiger partial charge in [0.15, 0.2) is 0 Å². The predicted molar refractivity (Wildman–Crippen MR) is 78.9 cm³/mol. The van der Waals surface area contributed by atoms with Crippen LogP contribution in [0.5, 0.6) is 0 Å². The van der Waals surface area contributed by atoms with E-state index in [4.69, 9.17) is 4.74 Å². The van der Waals surface area contributed by atoms with Gasteiger partial charge in [-0.3, -0.25) is 9.69 Å². The number of rotatable bonds is 3. The van der Waals surface area contributed by atoms with Crippen molar-refractivity contribution in [2.45, 2.75) is 44.6 Å². The lowest BCUT2D eigenvalue weighted by atomic mass is 10.1. The van der Waals surface area contributed by atoms with Gasteiger partial charge in [-0.1, -0.05) is 18.2 Å². The number of amides is 1. The van der Waals surface area contributed by atoms with Gasteiger partial charge in [0, 0.05) is 7.05 Å². The zero-order valence-corrected chi connectivity index (χ0v) is 13.1. The second kappa shape index (κ2) is 6.63. The number of piperidine rings is 1. The maximum Gasteiger partial charge on any atom is 0.333 e. The smallest absolute Gasteiger partial charge is 0.333 e. The van der Waals surface area contributed by atoms with Crippen LogP contribution in [0.15, 0.2) is 11.1 Å². The molecule has 2 aliphatic heterocycles. The Bertz CT molecular complexity index is 417. The molecule has 1 unspecified atom stereocenters. The van der Waals surface area contributed by atoms with Gasteiger partial charge >= 0.3 is 5.97 Å². The first kappa shape index (κ1) is 15.4. The maximum absolute atomic E-state index is 12.3. The van der Waals surface area contributed by atoms with Crippen molar-refractivity contribution in [3.8, 4) is 0 Å². The van der Waals surface area contributed by atoms with E-state index in [9.17, 15) is 9.59 Å². The number of carbonyl (C=O) groups excluding carboxylic acids is 2. The summed E-state index contributed by atoms with van der Waals surface area (Å²) in [7, 11) is 1.72. The number of esters is 1. The largest absolute Gasteiger partial charge is 0.460 e. The summed E-state index contributed by atoms with van der Waals surface area (Å²) in [5, 5.41) is 0.495. The molecule has 2 fully saturated rings. The summed E-state index contributed by atoms with van der Waals surface area (Å²) in [5.74, 6) is -0.332. The zero-order valence-electron chi connectivity index (χ0n) is 12.3. The molecule has 0 radical (unpaired) electrons. The maximum atomic E-state index is 12.3. The lowest BCUT2D eigenvalue weighted by Crippen LogP contribution is -2.42. The Kier molecular flexibility index (Phi) is 5.10. The molecule has 0 spiro atoms. The van der Waals surface area contributed by atoms with Gasteiger partial charge in [0.25, 0.3) is 5.91 Å². The van der Waals surface area contributed by atoms with Gasteiger partial charge in [-0.2, -0.15) is 0 Å². The van der Waals surface area contributed by atoms with Gasteiger partial charge in [0.1, 0.15) is 5.37 Å². The van der Waals surface area contributed by atoms with Crippen LogP contribution in [-0.4, -0.2) is 53.3 Å². The van der Waals surface area contributed by atoms with Gasteiger partial charge in [-0.25, -0.2) is 4.79 Å². The van der Waals surface area contributed by atoms with Crippen LogP contribution in [0.1, 0.15) is 33.1 Å². The lowest BCUT2D eigenvalue weighted by molar-refractivity contribution is -0.141. The van der Waals surface area contributed by atoms with Gasteiger partial charge in [-0.15, -0.1) is 0 Å². The normalized spacial score (nSPS) is 26.6. The number of ether oxygens (including phenoxy) is 1. The molecule has 112 valence electrons. The molecule has 0 aromatic rings. The summed E-state index contributed by atoms with van der Waals surface area (Å²) in [6, 6.07) is 0. The van der Waals surface area contributed by atoms with Crippen LogP contribution in [0.2, 0.25) is 0 Å². The topological polar surface area (TPSA) is 49.9 Å². The van der Waals surface area contributed by atoms with Gasteiger partial charge in [0.05, 0.1) is 17.2 Å². The number of likely N-dealkylation sites (N-methyl/N-ethyl adjacent to an activating group) is 1. The SMILES string of the molecule is CC(C)OC(=O)/C=C1\SC(N2CCCCC2)C(=O)N1C. The monoisotopic (exact) mass is 298 g/mol. The van der Waals surface area contributed by atoms with E-state index in [0.29, 0.717) is 5.03 Å². The minimum atomic E-state index is -0.388. The summed E-state index contributed by atoms with van der Waals surface area (Å²) in [6.07, 6.45) is 4.79. The number of carbonyl (C=O) groups is 2. The van der Waals surface area contributed by atoms with E-state index < -0.39 is 0 Å². The summed E-state index contributed by atoms with van der Waals surface area (Å²) in [6.45, 7) is 5.54. The van der Waals surface area contributed by atoms with Crippen LogP contribution in [0, 0.1) is 0 Å². The molecular formula is C14H22N2O3S. The highest BCUT2D eigenvalue weighted by atomic mass is 32.2. The lowest BCUT2D eigenvalue weighted by Gasteiger charge is -2.29. The molecule has 0 bridgehead atoms. The second-order valence-electron chi connectivity index (χ2n) is 5.43. The molecule has 0 aliphatic carbocycles. The Balaban J connectivity index is 2.04. The summed E-state index contributed by atoms with van der Waals surface area (Å²) >= 11 is 1.45. The fraction of sp³-hybridized carbons (Fsp3) is 0.714. The third-order valence-corrected chi connectivity index (χ3v) is 4.78. The van der Waals surface area contributed by atoms with Gasteiger partial charge in [-0.05, 0) is 39.8 Å². The van der Waals surface area contributed by atoms with Crippen molar-refractivity contribution in [3.63, 3.8) is 0 Å². The molecule has 1 atom stereocenters. The van der Waals surface area contributed by atoms with Crippen LogP contribution in [-0.2, 0) is 14.3 Å². The standard InChI is InChI=1S/C14H22N2O3S/c1-10(2)19-12(17)9-11-15(3)13(18)14(20-11)16-7-5-4-6-8-16/h9-10,14H,4-8H2,1-3H3/b11-9-. The summed E-state index contributed by atoms with van der Waals surface area (Å²) < 4.78 is 5.10. The van der Waals surface area contributed by atoms with Crippen molar-refractivity contribution in [2.24, 2.45) is 0 Å². The Morgan fingerprint density at radius 3 is 2.60 bits per heavy atom. The van der Waals surface area contributed by atoms with Gasteiger partial charge in [0.2, 0.25) is 0 Å². The highest BCUT2D eigenvalue weighted by Crippen LogP contribution is 2.36. The Morgan fingerprint density at radius 2 is 2.00 bits per heavy atom. The van der Waals surface area contributed by atoms with E-state index in [-0.39, 0.29) is 23.4 Å². The van der Waals surface area contributed by atoms with Crippen LogP contribution >= 0.6 is 11.8 Å². The fourth-order valence-corrected chi connectivity index (χ4v) is 3.66. The zero-order chi connectivity index (χ0) is 14.7. The molecule has 1 amide bonds. The van der Waals surface area contributed by atoms with E-state index in [1.54, 1.807) is 11.9 Å². The average molecular weight is 298 g/mol. The molecule has 0 aromatic carbocycles. The van der Waals surface area contributed by atoms with Crippen LogP contribution < -0.4 is 0 Å². The van der Waals surface area contributed by atoms with Crippen molar-refractivity contribution in [3.05, 3.63) is 11.1 Å². The fourth-order valence-electron chi connectivity index (χ4n) is 2.40. The molecule has 6 heteroatoms.